The van der Waals surface area contributed by atoms with E-state index in [9.17, 15) is 0 Å². The van der Waals surface area contributed by atoms with Gasteiger partial charge < -0.3 is 14.8 Å². The summed E-state index contributed by atoms with van der Waals surface area (Å²) in [6, 6.07) is 6.61. The second-order valence-corrected chi connectivity index (χ2v) is 4.76. The smallest absolute Gasteiger partial charge is 0.123 e. The van der Waals surface area contributed by atoms with E-state index >= 15 is 0 Å². The Hall–Kier alpha value is -1.06. The van der Waals surface area contributed by atoms with Gasteiger partial charge in [-0.15, -0.1) is 0 Å². The van der Waals surface area contributed by atoms with Crippen molar-refractivity contribution in [2.75, 3.05) is 26.9 Å². The predicted molar refractivity (Wildman–Crippen MR) is 79.9 cm³/mol. The minimum Gasteiger partial charge on any atom is -0.496 e. The molecule has 3 heteroatoms. The summed E-state index contributed by atoms with van der Waals surface area (Å²) < 4.78 is 11.1. The quantitative estimate of drug-likeness (QED) is 0.693. The molecular weight excluding hydrogens is 238 g/mol. The van der Waals surface area contributed by atoms with Crippen molar-refractivity contribution in [2.24, 2.45) is 0 Å². The van der Waals surface area contributed by atoms with Crippen LogP contribution in [-0.2, 0) is 4.74 Å². The van der Waals surface area contributed by atoms with Crippen molar-refractivity contribution in [3.8, 4) is 5.75 Å². The van der Waals surface area contributed by atoms with Gasteiger partial charge in [-0.1, -0.05) is 31.5 Å². The Bertz CT molecular complexity index is 366. The highest BCUT2D eigenvalue weighted by molar-refractivity contribution is 5.39. The topological polar surface area (TPSA) is 30.5 Å². The number of hydrogen-bond donors (Lipinski definition) is 1. The maximum absolute atomic E-state index is 5.60. The summed E-state index contributed by atoms with van der Waals surface area (Å²) >= 11 is 0. The fourth-order valence-corrected chi connectivity index (χ4v) is 2.19. The Morgan fingerprint density at radius 3 is 2.63 bits per heavy atom. The van der Waals surface area contributed by atoms with Gasteiger partial charge in [-0.25, -0.2) is 0 Å². The third-order valence-corrected chi connectivity index (χ3v) is 3.11. The second-order valence-electron chi connectivity index (χ2n) is 4.76. The van der Waals surface area contributed by atoms with Crippen LogP contribution < -0.4 is 10.1 Å². The van der Waals surface area contributed by atoms with Gasteiger partial charge in [0.25, 0.3) is 0 Å². The SMILES string of the molecule is CCCOCCC(NCC)c1cc(C)ccc1OC. The first-order chi connectivity index (χ1) is 9.22. The number of hydrogen-bond acceptors (Lipinski definition) is 3. The van der Waals surface area contributed by atoms with Gasteiger partial charge in [0.2, 0.25) is 0 Å². The monoisotopic (exact) mass is 265 g/mol. The molecule has 0 radical (unpaired) electrons. The highest BCUT2D eigenvalue weighted by Crippen LogP contribution is 2.28. The van der Waals surface area contributed by atoms with Crippen LogP contribution in [0.25, 0.3) is 0 Å². The molecule has 1 N–H and O–H groups in total. The molecule has 1 atom stereocenters. The van der Waals surface area contributed by atoms with Crippen molar-refractivity contribution < 1.29 is 9.47 Å². The van der Waals surface area contributed by atoms with Crippen molar-refractivity contribution in [1.29, 1.82) is 0 Å². The number of ether oxygens (including phenoxy) is 2. The first-order valence-corrected chi connectivity index (χ1v) is 7.18. The molecule has 0 fully saturated rings. The minimum atomic E-state index is 0.289. The fraction of sp³-hybridized carbons (Fsp3) is 0.625. The standard InChI is InChI=1S/C16H27NO2/c1-5-10-19-11-9-15(17-6-2)14-12-13(3)7-8-16(14)18-4/h7-8,12,15,17H,5-6,9-11H2,1-4H3. The Kier molecular flexibility index (Phi) is 7.53. The van der Waals surface area contributed by atoms with Gasteiger partial charge in [0.1, 0.15) is 5.75 Å². The van der Waals surface area contributed by atoms with Crippen LogP contribution in [0.2, 0.25) is 0 Å². The lowest BCUT2D eigenvalue weighted by Gasteiger charge is -2.21. The lowest BCUT2D eigenvalue weighted by atomic mass is 10.0. The number of rotatable bonds is 9. The Morgan fingerprint density at radius 2 is 2.00 bits per heavy atom. The zero-order chi connectivity index (χ0) is 14.1. The van der Waals surface area contributed by atoms with Crippen molar-refractivity contribution in [1.82, 2.24) is 5.32 Å². The van der Waals surface area contributed by atoms with Crippen molar-refractivity contribution >= 4 is 0 Å². The highest BCUT2D eigenvalue weighted by atomic mass is 16.5. The van der Waals surface area contributed by atoms with Crippen molar-refractivity contribution in [3.63, 3.8) is 0 Å². The number of aryl methyl sites for hydroxylation is 1. The summed E-state index contributed by atoms with van der Waals surface area (Å²) in [5, 5.41) is 3.52. The first-order valence-electron chi connectivity index (χ1n) is 7.18. The van der Waals surface area contributed by atoms with E-state index in [1.165, 1.54) is 11.1 Å². The first kappa shape index (κ1) is 16.0. The Balaban J connectivity index is 2.76. The van der Waals surface area contributed by atoms with Gasteiger partial charge in [-0.2, -0.15) is 0 Å². The van der Waals surface area contributed by atoms with Crippen LogP contribution in [0, 0.1) is 6.92 Å². The van der Waals surface area contributed by atoms with E-state index in [-0.39, 0.29) is 6.04 Å². The molecule has 0 aromatic heterocycles. The molecule has 0 aliphatic heterocycles. The van der Waals surface area contributed by atoms with E-state index in [0.717, 1.165) is 38.3 Å². The molecule has 0 amide bonds. The number of methoxy groups -OCH3 is 1. The van der Waals surface area contributed by atoms with Crippen molar-refractivity contribution in [2.45, 2.75) is 39.7 Å². The fourth-order valence-electron chi connectivity index (χ4n) is 2.19. The lowest BCUT2D eigenvalue weighted by Crippen LogP contribution is -2.23. The molecule has 19 heavy (non-hydrogen) atoms. The summed E-state index contributed by atoms with van der Waals surface area (Å²) in [5.74, 6) is 0.951. The predicted octanol–water partition coefficient (Wildman–Crippen LogP) is 3.47. The largest absolute Gasteiger partial charge is 0.496 e. The van der Waals surface area contributed by atoms with E-state index in [0.29, 0.717) is 0 Å². The van der Waals surface area contributed by atoms with E-state index in [1.807, 2.05) is 6.07 Å². The third kappa shape index (κ3) is 5.21. The molecule has 3 nitrogen and oxygen atoms in total. The summed E-state index contributed by atoms with van der Waals surface area (Å²) in [5.41, 5.74) is 2.48. The molecule has 108 valence electrons. The number of benzene rings is 1. The van der Waals surface area contributed by atoms with Crippen LogP contribution >= 0.6 is 0 Å². The van der Waals surface area contributed by atoms with Crippen LogP contribution in [-0.4, -0.2) is 26.9 Å². The molecular formula is C16H27NO2. The molecule has 0 heterocycles. The van der Waals surface area contributed by atoms with Gasteiger partial charge in [0.05, 0.1) is 7.11 Å². The molecule has 0 aliphatic rings. The molecule has 0 saturated carbocycles. The normalized spacial score (nSPS) is 12.4. The molecule has 1 unspecified atom stereocenters. The molecule has 0 aliphatic carbocycles. The summed E-state index contributed by atoms with van der Waals surface area (Å²) in [7, 11) is 1.73. The van der Waals surface area contributed by atoms with Gasteiger partial charge in [0.15, 0.2) is 0 Å². The third-order valence-electron chi connectivity index (χ3n) is 3.11. The molecule has 1 aromatic rings. The summed E-state index contributed by atoms with van der Waals surface area (Å²) in [6.45, 7) is 8.93. The second kappa shape index (κ2) is 8.94. The molecule has 1 rings (SSSR count). The lowest BCUT2D eigenvalue weighted by molar-refractivity contribution is 0.124. The molecule has 0 saturated heterocycles. The van der Waals surface area contributed by atoms with Gasteiger partial charge in [0, 0.05) is 24.8 Å². The molecule has 0 bridgehead atoms. The van der Waals surface area contributed by atoms with Crippen LogP contribution in [0.5, 0.6) is 5.75 Å². The van der Waals surface area contributed by atoms with Crippen LogP contribution in [0.4, 0.5) is 0 Å². The van der Waals surface area contributed by atoms with Crippen LogP contribution in [0.15, 0.2) is 18.2 Å². The van der Waals surface area contributed by atoms with E-state index < -0.39 is 0 Å². The van der Waals surface area contributed by atoms with E-state index in [2.05, 4.69) is 38.2 Å². The Labute approximate surface area is 117 Å². The molecule has 0 spiro atoms. The average Bonchev–Trinajstić information content (AvgIpc) is 2.42. The van der Waals surface area contributed by atoms with Gasteiger partial charge >= 0.3 is 0 Å². The van der Waals surface area contributed by atoms with E-state index in [1.54, 1.807) is 7.11 Å². The zero-order valence-corrected chi connectivity index (χ0v) is 12.7. The summed E-state index contributed by atoms with van der Waals surface area (Å²) in [6.07, 6.45) is 2.04. The Morgan fingerprint density at radius 1 is 1.21 bits per heavy atom. The van der Waals surface area contributed by atoms with Crippen LogP contribution in [0.3, 0.4) is 0 Å². The highest BCUT2D eigenvalue weighted by Gasteiger charge is 2.15. The van der Waals surface area contributed by atoms with Gasteiger partial charge in [-0.3, -0.25) is 0 Å². The maximum atomic E-state index is 5.60. The van der Waals surface area contributed by atoms with E-state index in [4.69, 9.17) is 9.47 Å². The number of nitrogens with one attached hydrogen (secondary N) is 1. The maximum Gasteiger partial charge on any atom is 0.123 e. The molecule has 1 aromatic carbocycles. The van der Waals surface area contributed by atoms with Crippen molar-refractivity contribution in [3.05, 3.63) is 29.3 Å². The minimum absolute atomic E-state index is 0.289. The van der Waals surface area contributed by atoms with Gasteiger partial charge in [-0.05, 0) is 32.4 Å². The zero-order valence-electron chi connectivity index (χ0n) is 12.7. The summed E-state index contributed by atoms with van der Waals surface area (Å²) in [4.78, 5) is 0. The van der Waals surface area contributed by atoms with Crippen LogP contribution in [0.1, 0.15) is 43.9 Å². The average molecular weight is 265 g/mol.